The molecule has 0 radical (unpaired) electrons. The van der Waals surface area contributed by atoms with Crippen molar-refractivity contribution in [2.75, 3.05) is 0 Å². The van der Waals surface area contributed by atoms with E-state index in [2.05, 4.69) is 10.1 Å². The molecule has 0 amide bonds. The van der Waals surface area contributed by atoms with Crippen molar-refractivity contribution in [3.63, 3.8) is 0 Å². The molecule has 5 heteroatoms. The monoisotopic (exact) mass is 292 g/mol. The fraction of sp³-hybridized carbons (Fsp3) is 0.188. The number of aromatic nitrogens is 4. The largest absolute Gasteiger partial charge is 0.225 e. The van der Waals surface area contributed by atoms with Crippen molar-refractivity contribution in [2.24, 2.45) is 0 Å². The van der Waals surface area contributed by atoms with E-state index in [-0.39, 0.29) is 0 Å². The molecule has 1 aromatic carbocycles. The minimum absolute atomic E-state index is 0.767. The Hall–Kier alpha value is -2.27. The number of nitrogens with zero attached hydrogens (tertiary/aromatic N) is 4. The SMILES string of the molecule is c1ccc(-c2nc3c4c5c(sc4ncn3n2)CCC5)cc1. The molecule has 3 aromatic heterocycles. The van der Waals surface area contributed by atoms with Crippen molar-refractivity contribution in [1.29, 1.82) is 0 Å². The van der Waals surface area contributed by atoms with Crippen molar-refractivity contribution < 1.29 is 0 Å². The van der Waals surface area contributed by atoms with Crippen LogP contribution in [0.3, 0.4) is 0 Å². The van der Waals surface area contributed by atoms with Crippen molar-refractivity contribution >= 4 is 27.2 Å². The highest BCUT2D eigenvalue weighted by molar-refractivity contribution is 7.19. The first-order valence-corrected chi connectivity index (χ1v) is 7.93. The van der Waals surface area contributed by atoms with Gasteiger partial charge in [-0.2, -0.15) is 0 Å². The minimum Gasteiger partial charge on any atom is -0.225 e. The predicted octanol–water partition coefficient (Wildman–Crippen LogP) is 3.49. The summed E-state index contributed by atoms with van der Waals surface area (Å²) in [5, 5.41) is 5.80. The van der Waals surface area contributed by atoms with Gasteiger partial charge in [-0.25, -0.2) is 14.5 Å². The van der Waals surface area contributed by atoms with E-state index in [1.807, 2.05) is 46.2 Å². The molecular weight excluding hydrogens is 280 g/mol. The third-order valence-corrected chi connectivity index (χ3v) is 5.27. The van der Waals surface area contributed by atoms with Gasteiger partial charge in [0, 0.05) is 10.4 Å². The Morgan fingerprint density at radius 3 is 2.90 bits per heavy atom. The van der Waals surface area contributed by atoms with Gasteiger partial charge in [-0.15, -0.1) is 16.4 Å². The zero-order valence-electron chi connectivity index (χ0n) is 11.3. The van der Waals surface area contributed by atoms with Crippen molar-refractivity contribution in [2.45, 2.75) is 19.3 Å². The van der Waals surface area contributed by atoms with Gasteiger partial charge < -0.3 is 0 Å². The molecule has 0 unspecified atom stereocenters. The van der Waals surface area contributed by atoms with Crippen molar-refractivity contribution in [3.8, 4) is 11.4 Å². The van der Waals surface area contributed by atoms with Crippen LogP contribution >= 0.6 is 11.3 Å². The molecular formula is C16H12N4S. The van der Waals surface area contributed by atoms with E-state index in [1.165, 1.54) is 28.7 Å². The molecule has 0 fully saturated rings. The van der Waals surface area contributed by atoms with Crippen LogP contribution in [0.1, 0.15) is 16.9 Å². The zero-order chi connectivity index (χ0) is 13.8. The number of hydrogen-bond acceptors (Lipinski definition) is 4. The maximum atomic E-state index is 4.78. The van der Waals surface area contributed by atoms with E-state index >= 15 is 0 Å². The lowest BCUT2D eigenvalue weighted by molar-refractivity contribution is 0.914. The Labute approximate surface area is 125 Å². The lowest BCUT2D eigenvalue weighted by Gasteiger charge is -1.95. The van der Waals surface area contributed by atoms with E-state index in [9.17, 15) is 0 Å². The Balaban J connectivity index is 1.84. The Morgan fingerprint density at radius 1 is 1.10 bits per heavy atom. The molecule has 102 valence electrons. The van der Waals surface area contributed by atoms with E-state index in [1.54, 1.807) is 6.33 Å². The minimum atomic E-state index is 0.767. The molecule has 0 saturated heterocycles. The van der Waals surface area contributed by atoms with Crippen LogP contribution in [0.5, 0.6) is 0 Å². The molecule has 0 atom stereocenters. The van der Waals surface area contributed by atoms with E-state index in [4.69, 9.17) is 4.98 Å². The molecule has 1 aliphatic rings. The predicted molar refractivity (Wildman–Crippen MR) is 83.6 cm³/mol. The van der Waals surface area contributed by atoms with Crippen LogP contribution in [-0.2, 0) is 12.8 Å². The van der Waals surface area contributed by atoms with Crippen LogP contribution in [0, 0.1) is 0 Å². The Bertz CT molecular complexity index is 968. The number of thiophene rings is 1. The van der Waals surface area contributed by atoms with Crippen molar-refractivity contribution in [3.05, 3.63) is 47.1 Å². The number of hydrogen-bond donors (Lipinski definition) is 0. The van der Waals surface area contributed by atoms with Gasteiger partial charge in [0.05, 0.1) is 5.39 Å². The number of benzene rings is 1. The molecule has 0 saturated carbocycles. The molecule has 1 aliphatic carbocycles. The first-order valence-electron chi connectivity index (χ1n) is 7.11. The third kappa shape index (κ3) is 1.58. The van der Waals surface area contributed by atoms with Gasteiger partial charge in [-0.1, -0.05) is 30.3 Å². The second kappa shape index (κ2) is 4.11. The summed E-state index contributed by atoms with van der Waals surface area (Å²) in [6.07, 6.45) is 5.35. The molecule has 3 heterocycles. The molecule has 5 rings (SSSR count). The van der Waals surface area contributed by atoms with E-state index in [0.717, 1.165) is 28.3 Å². The normalized spacial score (nSPS) is 14.1. The number of aryl methyl sites for hydroxylation is 2. The summed E-state index contributed by atoms with van der Waals surface area (Å²) < 4.78 is 1.82. The average Bonchev–Trinajstić information content (AvgIpc) is 3.20. The average molecular weight is 292 g/mol. The number of rotatable bonds is 1. The van der Waals surface area contributed by atoms with E-state index in [0.29, 0.717) is 0 Å². The quantitative estimate of drug-likeness (QED) is 0.539. The van der Waals surface area contributed by atoms with Crippen molar-refractivity contribution in [1.82, 2.24) is 19.6 Å². The van der Waals surface area contributed by atoms with Gasteiger partial charge in [0.1, 0.15) is 11.2 Å². The van der Waals surface area contributed by atoms with Gasteiger partial charge in [-0.3, -0.25) is 0 Å². The molecule has 0 N–H and O–H groups in total. The topological polar surface area (TPSA) is 43.1 Å². The van der Waals surface area contributed by atoms with Gasteiger partial charge in [-0.05, 0) is 24.8 Å². The third-order valence-electron chi connectivity index (χ3n) is 4.07. The van der Waals surface area contributed by atoms with Crippen LogP contribution < -0.4 is 0 Å². The fourth-order valence-corrected chi connectivity index (χ4v) is 4.33. The highest BCUT2D eigenvalue weighted by atomic mass is 32.1. The fourth-order valence-electron chi connectivity index (χ4n) is 3.10. The summed E-state index contributed by atoms with van der Waals surface area (Å²) in [6, 6.07) is 10.1. The lowest BCUT2D eigenvalue weighted by Crippen LogP contribution is -1.90. The number of fused-ring (bicyclic) bond motifs is 5. The highest BCUT2D eigenvalue weighted by Gasteiger charge is 2.21. The molecule has 0 aliphatic heterocycles. The summed E-state index contributed by atoms with van der Waals surface area (Å²) in [5.41, 5.74) is 3.43. The summed E-state index contributed by atoms with van der Waals surface area (Å²) in [7, 11) is 0. The lowest BCUT2D eigenvalue weighted by atomic mass is 10.2. The van der Waals surface area contributed by atoms with Crippen LogP contribution in [0.4, 0.5) is 0 Å². The summed E-state index contributed by atoms with van der Waals surface area (Å²) in [4.78, 5) is 11.9. The second-order valence-corrected chi connectivity index (χ2v) is 6.44. The summed E-state index contributed by atoms with van der Waals surface area (Å²) in [6.45, 7) is 0. The molecule has 0 bridgehead atoms. The second-order valence-electron chi connectivity index (χ2n) is 5.35. The highest BCUT2D eigenvalue weighted by Crippen LogP contribution is 2.38. The summed E-state index contributed by atoms with van der Waals surface area (Å²) in [5.74, 6) is 0.767. The van der Waals surface area contributed by atoms with E-state index < -0.39 is 0 Å². The first kappa shape index (κ1) is 11.4. The smallest absolute Gasteiger partial charge is 0.182 e. The maximum absolute atomic E-state index is 4.78. The summed E-state index contributed by atoms with van der Waals surface area (Å²) >= 11 is 1.81. The molecule has 0 spiro atoms. The van der Waals surface area contributed by atoms with Gasteiger partial charge >= 0.3 is 0 Å². The van der Waals surface area contributed by atoms with Crippen LogP contribution in [0.2, 0.25) is 0 Å². The van der Waals surface area contributed by atoms with Gasteiger partial charge in [0.2, 0.25) is 0 Å². The molecule has 21 heavy (non-hydrogen) atoms. The Morgan fingerprint density at radius 2 is 2.00 bits per heavy atom. The first-order chi connectivity index (χ1) is 10.4. The molecule has 4 nitrogen and oxygen atoms in total. The van der Waals surface area contributed by atoms with Crippen LogP contribution in [-0.4, -0.2) is 19.6 Å². The van der Waals surface area contributed by atoms with Gasteiger partial charge in [0.25, 0.3) is 0 Å². The zero-order valence-corrected chi connectivity index (χ0v) is 12.1. The molecule has 4 aromatic rings. The maximum Gasteiger partial charge on any atom is 0.182 e. The van der Waals surface area contributed by atoms with Crippen LogP contribution in [0.15, 0.2) is 36.7 Å². The standard InChI is InChI=1S/C16H12N4S/c1-2-5-10(6-3-1)14-18-15-13-11-7-4-8-12(11)21-16(13)17-9-20(15)19-14/h1-3,5-6,9H,4,7-8H2. The van der Waals surface area contributed by atoms with Crippen LogP contribution in [0.25, 0.3) is 27.3 Å². The van der Waals surface area contributed by atoms with Gasteiger partial charge in [0.15, 0.2) is 11.5 Å². The Kier molecular flexibility index (Phi) is 2.23.